The Labute approximate surface area is 97.7 Å². The minimum absolute atomic E-state index is 0.502. The number of hydrogen-bond acceptors (Lipinski definition) is 4. The number of anilines is 1. The van der Waals surface area contributed by atoms with Gasteiger partial charge < -0.3 is 10.2 Å². The van der Waals surface area contributed by atoms with Crippen molar-refractivity contribution in [1.29, 1.82) is 0 Å². The van der Waals surface area contributed by atoms with Crippen molar-refractivity contribution in [3.63, 3.8) is 0 Å². The summed E-state index contributed by atoms with van der Waals surface area (Å²) >= 11 is 0. The van der Waals surface area contributed by atoms with E-state index in [0.717, 1.165) is 27.9 Å². The van der Waals surface area contributed by atoms with E-state index < -0.39 is 0 Å². The summed E-state index contributed by atoms with van der Waals surface area (Å²) in [5.74, 6) is 1.16. The van der Waals surface area contributed by atoms with E-state index in [2.05, 4.69) is 15.2 Å². The van der Waals surface area contributed by atoms with Crippen LogP contribution in [0.25, 0.3) is 22.2 Å². The number of hydrogen-bond donors (Lipinski definition) is 2. The first-order chi connectivity index (χ1) is 8.15. The predicted octanol–water partition coefficient (Wildman–Crippen LogP) is 2.42. The Hall–Kier alpha value is -2.30. The molecule has 17 heavy (non-hydrogen) atoms. The first-order valence-electron chi connectivity index (χ1n) is 5.33. The maximum Gasteiger partial charge on any atom is 0.192 e. The highest BCUT2D eigenvalue weighted by molar-refractivity contribution is 5.84. The molecule has 0 aliphatic carbocycles. The molecule has 1 aromatic carbocycles. The highest BCUT2D eigenvalue weighted by atomic mass is 16.3. The van der Waals surface area contributed by atoms with Crippen LogP contribution in [0.4, 0.5) is 5.82 Å². The van der Waals surface area contributed by atoms with Gasteiger partial charge in [-0.15, -0.1) is 0 Å². The number of fused-ring (bicyclic) bond motifs is 1. The molecular formula is C12H12N4O. The van der Waals surface area contributed by atoms with Crippen LogP contribution in [0.2, 0.25) is 0 Å². The average molecular weight is 228 g/mol. The van der Waals surface area contributed by atoms with E-state index in [4.69, 9.17) is 10.2 Å². The van der Waals surface area contributed by atoms with E-state index in [-0.39, 0.29) is 0 Å². The van der Waals surface area contributed by atoms with Crippen LogP contribution in [-0.2, 0) is 0 Å². The van der Waals surface area contributed by atoms with Gasteiger partial charge in [-0.05, 0) is 24.6 Å². The third kappa shape index (κ3) is 1.47. The number of rotatable bonds is 1. The van der Waals surface area contributed by atoms with Crippen molar-refractivity contribution in [1.82, 2.24) is 15.2 Å². The van der Waals surface area contributed by atoms with Gasteiger partial charge >= 0.3 is 0 Å². The van der Waals surface area contributed by atoms with Crippen LogP contribution in [-0.4, -0.2) is 15.2 Å². The van der Waals surface area contributed by atoms with Crippen LogP contribution in [0.3, 0.4) is 0 Å². The molecule has 0 saturated carbocycles. The lowest BCUT2D eigenvalue weighted by molar-refractivity contribution is 0.561. The summed E-state index contributed by atoms with van der Waals surface area (Å²) in [7, 11) is 0. The number of nitrogens with two attached hydrogens (primary N) is 1. The van der Waals surface area contributed by atoms with Crippen LogP contribution in [0.5, 0.6) is 0 Å². The second kappa shape index (κ2) is 3.35. The molecule has 3 rings (SSSR count). The summed E-state index contributed by atoms with van der Waals surface area (Å²) < 4.78 is 5.43. The molecule has 0 unspecified atom stereocenters. The van der Waals surface area contributed by atoms with Crippen LogP contribution < -0.4 is 5.73 Å². The van der Waals surface area contributed by atoms with Crippen LogP contribution in [0.15, 0.2) is 22.6 Å². The zero-order valence-corrected chi connectivity index (χ0v) is 9.61. The molecule has 0 aliphatic heterocycles. The van der Waals surface area contributed by atoms with Gasteiger partial charge in [-0.2, -0.15) is 5.10 Å². The molecule has 0 atom stereocenters. The van der Waals surface area contributed by atoms with E-state index >= 15 is 0 Å². The molecule has 0 spiro atoms. The van der Waals surface area contributed by atoms with Gasteiger partial charge in [0.2, 0.25) is 0 Å². The SMILES string of the molecule is Cc1nc2cc(-c3c(N)n[nH]c3C)ccc2o1. The normalized spacial score (nSPS) is 11.2. The largest absolute Gasteiger partial charge is 0.441 e. The first-order valence-corrected chi connectivity index (χ1v) is 5.33. The van der Waals surface area contributed by atoms with Crippen molar-refractivity contribution in [2.24, 2.45) is 0 Å². The number of aryl methyl sites for hydroxylation is 2. The zero-order valence-electron chi connectivity index (χ0n) is 9.61. The number of oxazole rings is 1. The Morgan fingerprint density at radius 2 is 2.12 bits per heavy atom. The molecule has 86 valence electrons. The molecule has 2 aromatic heterocycles. The van der Waals surface area contributed by atoms with Crippen LogP contribution >= 0.6 is 0 Å². The fraction of sp³-hybridized carbons (Fsp3) is 0.167. The number of aromatic amines is 1. The predicted molar refractivity (Wildman–Crippen MR) is 65.5 cm³/mol. The number of nitrogens with one attached hydrogen (secondary N) is 1. The molecule has 0 saturated heterocycles. The third-order valence-electron chi connectivity index (χ3n) is 2.76. The van der Waals surface area contributed by atoms with Gasteiger partial charge in [0, 0.05) is 18.2 Å². The van der Waals surface area contributed by atoms with Gasteiger partial charge in [0.15, 0.2) is 17.3 Å². The maximum absolute atomic E-state index is 5.84. The Kier molecular flexibility index (Phi) is 1.95. The summed E-state index contributed by atoms with van der Waals surface area (Å²) in [5, 5.41) is 6.86. The Morgan fingerprint density at radius 1 is 1.29 bits per heavy atom. The van der Waals surface area contributed by atoms with Crippen molar-refractivity contribution in [3.8, 4) is 11.1 Å². The molecule has 3 N–H and O–H groups in total. The van der Waals surface area contributed by atoms with Gasteiger partial charge in [-0.1, -0.05) is 6.07 Å². The minimum Gasteiger partial charge on any atom is -0.441 e. The molecule has 5 heteroatoms. The van der Waals surface area contributed by atoms with Crippen molar-refractivity contribution >= 4 is 16.9 Å². The van der Waals surface area contributed by atoms with Gasteiger partial charge in [0.25, 0.3) is 0 Å². The second-order valence-electron chi connectivity index (χ2n) is 4.02. The third-order valence-corrected chi connectivity index (χ3v) is 2.76. The van der Waals surface area contributed by atoms with Crippen LogP contribution in [0.1, 0.15) is 11.6 Å². The highest BCUT2D eigenvalue weighted by Crippen LogP contribution is 2.29. The lowest BCUT2D eigenvalue weighted by atomic mass is 10.1. The van der Waals surface area contributed by atoms with E-state index in [1.165, 1.54) is 0 Å². The Bertz CT molecular complexity index is 676. The molecule has 2 heterocycles. The fourth-order valence-corrected chi connectivity index (χ4v) is 2.01. The number of aromatic nitrogens is 3. The standard InChI is InChI=1S/C12H12N4O/c1-6-11(12(13)16-15-6)8-3-4-10-9(5-8)14-7(2)17-10/h3-5H,1-2H3,(H3,13,15,16). The lowest BCUT2D eigenvalue weighted by Crippen LogP contribution is -1.88. The van der Waals surface area contributed by atoms with E-state index in [1.54, 1.807) is 0 Å². The molecule has 0 radical (unpaired) electrons. The van der Waals surface area contributed by atoms with Gasteiger partial charge in [0.1, 0.15) is 5.52 Å². The van der Waals surface area contributed by atoms with E-state index in [1.807, 2.05) is 32.0 Å². The molecule has 5 nitrogen and oxygen atoms in total. The van der Waals surface area contributed by atoms with Gasteiger partial charge in [-0.3, -0.25) is 5.10 Å². The molecular weight excluding hydrogens is 216 g/mol. The lowest BCUT2D eigenvalue weighted by Gasteiger charge is -2.00. The highest BCUT2D eigenvalue weighted by Gasteiger charge is 2.11. The summed E-state index contributed by atoms with van der Waals surface area (Å²) in [5.41, 5.74) is 10.3. The summed E-state index contributed by atoms with van der Waals surface area (Å²) in [6.07, 6.45) is 0. The van der Waals surface area contributed by atoms with Crippen LogP contribution in [0, 0.1) is 13.8 Å². The summed E-state index contributed by atoms with van der Waals surface area (Å²) in [4.78, 5) is 4.30. The second-order valence-corrected chi connectivity index (χ2v) is 4.02. The number of H-pyrrole nitrogens is 1. The summed E-state index contributed by atoms with van der Waals surface area (Å²) in [6.45, 7) is 3.77. The maximum atomic E-state index is 5.84. The topological polar surface area (TPSA) is 80.7 Å². The number of nitrogen functional groups attached to an aromatic ring is 1. The van der Waals surface area contributed by atoms with E-state index in [9.17, 15) is 0 Å². The summed E-state index contributed by atoms with van der Waals surface area (Å²) in [6, 6.07) is 5.82. The van der Waals surface area contributed by atoms with Gasteiger partial charge in [-0.25, -0.2) is 4.98 Å². The quantitative estimate of drug-likeness (QED) is 0.670. The average Bonchev–Trinajstić information content (AvgIpc) is 2.80. The fourth-order valence-electron chi connectivity index (χ4n) is 2.01. The monoisotopic (exact) mass is 228 g/mol. The number of benzene rings is 1. The van der Waals surface area contributed by atoms with Gasteiger partial charge in [0.05, 0.1) is 0 Å². The Balaban J connectivity index is 2.24. The van der Waals surface area contributed by atoms with Crippen molar-refractivity contribution in [2.45, 2.75) is 13.8 Å². The minimum atomic E-state index is 0.502. The molecule has 0 bridgehead atoms. The molecule has 0 fully saturated rings. The molecule has 3 aromatic rings. The number of nitrogens with zero attached hydrogens (tertiary/aromatic N) is 2. The van der Waals surface area contributed by atoms with Crippen molar-refractivity contribution < 1.29 is 4.42 Å². The zero-order chi connectivity index (χ0) is 12.0. The van der Waals surface area contributed by atoms with Crippen molar-refractivity contribution in [3.05, 3.63) is 29.8 Å². The molecule has 0 amide bonds. The van der Waals surface area contributed by atoms with Crippen molar-refractivity contribution in [2.75, 3.05) is 5.73 Å². The molecule has 0 aliphatic rings. The van der Waals surface area contributed by atoms with E-state index in [0.29, 0.717) is 11.7 Å². The first kappa shape index (κ1) is 9.89. The Morgan fingerprint density at radius 3 is 2.82 bits per heavy atom. The smallest absolute Gasteiger partial charge is 0.192 e.